The molecule has 0 radical (unpaired) electrons. The average molecular weight is 1320 g/mol. The van der Waals surface area contributed by atoms with E-state index in [1.165, 1.54) is 25.7 Å². The van der Waals surface area contributed by atoms with Crippen LogP contribution >= 0.6 is 0 Å². The first-order valence-corrected chi connectivity index (χ1v) is 34.9. The Kier molecular flexibility index (Phi) is 37.2. The summed E-state index contributed by atoms with van der Waals surface area (Å²) in [6.07, 6.45) is 30.4. The molecule has 542 valence electrons. The highest BCUT2D eigenvalue weighted by atomic mass is 16.4. The molecule has 2 heterocycles. The number of nitrogens with one attached hydrogen (secondary N) is 4. The number of aliphatic carboxylic acids is 1. The minimum absolute atomic E-state index is 0. The number of nitrogens with two attached hydrogens (primary N) is 4. The second-order valence-corrected chi connectivity index (χ2v) is 31.2. The van der Waals surface area contributed by atoms with Crippen molar-refractivity contribution in [2.75, 3.05) is 26.3 Å². The van der Waals surface area contributed by atoms with E-state index in [0.29, 0.717) is 43.1 Å². The Balaban J connectivity index is 0.000000531. The van der Waals surface area contributed by atoms with E-state index in [9.17, 15) is 49.2 Å². The minimum atomic E-state index is -0.918. The number of aliphatic hydroxyl groups is 6. The van der Waals surface area contributed by atoms with Crippen molar-refractivity contribution in [3.05, 3.63) is 11.4 Å². The molecule has 8 saturated carbocycles. The predicted molar refractivity (Wildman–Crippen MR) is 368 cm³/mol. The number of carbonyl (C=O) groups excluding carboxylic acids is 5. The van der Waals surface area contributed by atoms with Gasteiger partial charge < -0.3 is 79.5 Å². The Labute approximate surface area is 560 Å². The lowest BCUT2D eigenvalue weighted by atomic mass is 9.77. The molecule has 2 spiro atoms. The fourth-order valence-corrected chi connectivity index (χ4v) is 14.0. The third kappa shape index (κ3) is 31.3. The molecule has 0 bridgehead atoms. The number of carboxylic acids is 1. The van der Waals surface area contributed by atoms with Gasteiger partial charge in [0.2, 0.25) is 18.4 Å². The van der Waals surface area contributed by atoms with Gasteiger partial charge in [0.15, 0.2) is 0 Å². The number of rotatable bonds is 8. The van der Waals surface area contributed by atoms with Crippen molar-refractivity contribution < 1.29 is 64.5 Å². The lowest BCUT2D eigenvalue weighted by Crippen LogP contribution is -2.53. The lowest BCUT2D eigenvalue weighted by Gasteiger charge is -2.34. The molecule has 0 aromatic carbocycles. The highest BCUT2D eigenvalue weighted by molar-refractivity contribution is 6.07. The molecule has 10 fully saturated rings. The largest absolute Gasteiger partial charge is 0.481 e. The van der Waals surface area contributed by atoms with Crippen LogP contribution in [0.5, 0.6) is 0 Å². The molecule has 10 rings (SSSR count). The summed E-state index contributed by atoms with van der Waals surface area (Å²) in [7, 11) is 0. The van der Waals surface area contributed by atoms with E-state index in [-0.39, 0.29) is 75.9 Å². The molecule has 0 aromatic heterocycles. The molecule has 2 aliphatic heterocycles. The van der Waals surface area contributed by atoms with Crippen LogP contribution in [-0.2, 0) is 19.2 Å². The van der Waals surface area contributed by atoms with E-state index in [4.69, 9.17) is 44.8 Å². The zero-order chi connectivity index (χ0) is 68.5. The van der Waals surface area contributed by atoms with Crippen LogP contribution in [0.15, 0.2) is 0 Å². The molecule has 7 amide bonds. The summed E-state index contributed by atoms with van der Waals surface area (Å²) < 4.78 is 0. The van der Waals surface area contributed by atoms with E-state index in [1.54, 1.807) is 0 Å². The summed E-state index contributed by atoms with van der Waals surface area (Å²) >= 11 is 0. The molecule has 0 atom stereocenters. The number of hydrogen-bond donors (Lipinski definition) is 15. The van der Waals surface area contributed by atoms with E-state index < -0.39 is 45.4 Å². The van der Waals surface area contributed by atoms with Crippen molar-refractivity contribution in [2.24, 2.45) is 70.3 Å². The minimum Gasteiger partial charge on any atom is -0.481 e. The number of carboxylic acid groups (broad SMARTS) is 1. The van der Waals surface area contributed by atoms with Crippen molar-refractivity contribution in [3.63, 3.8) is 0 Å². The number of imide groups is 1. The number of aliphatic hydroxyl groups excluding tert-OH is 2. The van der Waals surface area contributed by atoms with Crippen molar-refractivity contribution in [1.82, 2.24) is 21.3 Å². The summed E-state index contributed by atoms with van der Waals surface area (Å²) in [6.45, 7) is 25.5. The smallest absolute Gasteiger partial charge is 0.322 e. The van der Waals surface area contributed by atoms with Gasteiger partial charge in [-0.25, -0.2) is 16.2 Å². The van der Waals surface area contributed by atoms with Crippen LogP contribution in [0.2, 0.25) is 0 Å². The van der Waals surface area contributed by atoms with E-state index >= 15 is 0 Å². The quantitative estimate of drug-likeness (QED) is 0.0794. The molecule has 19 N–H and O–H groups in total. The standard InChI is InChI=1S/C9H14N2O2.C9H16N2O.C9H17NO2.C9H15NO.C9H16O3.C8H16N2O.C8H17NO.C8H16O2.2CH4/c1-6-2-4-9(5-3-6)7(12)10-8(13)11-9;1-7-2-4-9(5-3-7)6-10-8(12)11-9;1-7-2-4-9(12,5-3-7)6-8(10)11;1-8-3-5-9(11,6-4-8)7-10-2;1-7-2-4-9(12,5-3-7)6-8(10)11;1-6-2-4-8(10,5-3-6)7(9)11;1-7-2-4-8(9,6-10)5-3-7;1-7-2-4-8(10,6-9)5-3-7;;/h6H,2-5H2,1H3,(H2,10,11,12,13);7H,2-6H2,1H3,(H2,10,11,12);7,12H,2-6H2,1H3,(H2,10,11);8,11H,3-7H2,1H3;7,12H,2-6H2,1H3,(H,10,11);6H,2-5,10H2,1H3,(H2,9,11);7,10H,2-6,9H2,1H3;7,9-10H,2-6H2,1H3;2*1H4. The van der Waals surface area contributed by atoms with Gasteiger partial charge in [-0.05, 0) is 253 Å². The van der Waals surface area contributed by atoms with E-state index in [2.05, 4.69) is 81.5 Å². The van der Waals surface area contributed by atoms with Gasteiger partial charge in [0.05, 0.1) is 53.9 Å². The van der Waals surface area contributed by atoms with Crippen molar-refractivity contribution >= 4 is 35.8 Å². The third-order valence-electron chi connectivity index (χ3n) is 22.1. The van der Waals surface area contributed by atoms with Crippen molar-refractivity contribution in [1.29, 1.82) is 0 Å². The maximum atomic E-state index is 11.5. The first-order chi connectivity index (χ1) is 42.4. The van der Waals surface area contributed by atoms with Crippen LogP contribution in [0.4, 0.5) is 9.59 Å². The Morgan fingerprint density at radius 1 is 0.473 bits per heavy atom. The maximum Gasteiger partial charge on any atom is 0.322 e. The average Bonchev–Trinajstić information content (AvgIpc) is 1.72. The van der Waals surface area contributed by atoms with Crippen LogP contribution in [0, 0.1) is 53.9 Å². The van der Waals surface area contributed by atoms with Crippen LogP contribution in [0.1, 0.15) is 289 Å². The van der Waals surface area contributed by atoms with Gasteiger partial charge in [-0.3, -0.25) is 24.5 Å². The van der Waals surface area contributed by atoms with Crippen LogP contribution in [0.25, 0.3) is 4.85 Å². The summed E-state index contributed by atoms with van der Waals surface area (Å²) in [5.41, 5.74) is 17.4. The van der Waals surface area contributed by atoms with Crippen LogP contribution in [-0.4, -0.2) is 142 Å². The number of carbonyl (C=O) groups is 6. The van der Waals surface area contributed by atoms with Gasteiger partial charge >= 0.3 is 18.0 Å². The SMILES string of the molecule is C.C.CC1CCC(N)(C(N)=O)CC1.CC1CCC(N)(CO)CC1.CC1CCC(O)(CC(=O)O)CC1.CC1CCC(O)(CC(N)=O)CC1.CC1CCC(O)(CO)CC1.CC1CCC2(CC1)CNC(=O)N2.CC1CCC2(CC1)NC(=O)NC2=O.[C-]#[N+]CC1(O)CCC(C)CC1. The molecular formula is C71H135N9O13. The predicted octanol–water partition coefficient (Wildman–Crippen LogP) is 9.53. The van der Waals surface area contributed by atoms with Gasteiger partial charge in [-0.2, -0.15) is 0 Å². The fourth-order valence-electron chi connectivity index (χ4n) is 14.0. The molecular weight excluding hydrogens is 1190 g/mol. The topological polar surface area (TPSA) is 401 Å². The van der Waals surface area contributed by atoms with Crippen molar-refractivity contribution in [2.45, 2.75) is 333 Å². The van der Waals surface area contributed by atoms with Crippen LogP contribution in [0.3, 0.4) is 0 Å². The van der Waals surface area contributed by atoms with Crippen LogP contribution < -0.4 is 44.2 Å². The molecule has 93 heavy (non-hydrogen) atoms. The second kappa shape index (κ2) is 39.9. The molecule has 0 aromatic rings. The van der Waals surface area contributed by atoms with Gasteiger partial charge in [0, 0.05) is 12.1 Å². The zero-order valence-corrected chi connectivity index (χ0v) is 57.3. The Morgan fingerprint density at radius 2 is 0.806 bits per heavy atom. The Hall–Kier alpha value is -4.21. The summed E-state index contributed by atoms with van der Waals surface area (Å²) in [5, 5.41) is 76.1. The van der Waals surface area contributed by atoms with Gasteiger partial charge in [0.1, 0.15) is 11.1 Å². The van der Waals surface area contributed by atoms with Gasteiger partial charge in [-0.15, -0.1) is 0 Å². The number of hydrogen-bond acceptors (Lipinski definition) is 14. The Morgan fingerprint density at radius 3 is 1.11 bits per heavy atom. The normalized spacial score (nSPS) is 38.2. The molecule has 8 aliphatic carbocycles. The summed E-state index contributed by atoms with van der Waals surface area (Å²) in [6, 6.07) is -0.316. The number of urea groups is 2. The van der Waals surface area contributed by atoms with Gasteiger partial charge in [-0.1, -0.05) is 70.2 Å². The first-order valence-electron chi connectivity index (χ1n) is 34.9. The highest BCUT2D eigenvalue weighted by Gasteiger charge is 2.48. The summed E-state index contributed by atoms with van der Waals surface area (Å²) in [4.78, 5) is 68.6. The maximum absolute atomic E-state index is 11.5. The molecule has 22 nitrogen and oxygen atoms in total. The number of amides is 7. The third-order valence-corrected chi connectivity index (χ3v) is 22.1. The number of primary amides is 2. The first kappa shape index (κ1) is 86.8. The molecule has 22 heteroatoms. The van der Waals surface area contributed by atoms with E-state index in [0.717, 1.165) is 197 Å². The zero-order valence-electron chi connectivity index (χ0n) is 57.3. The van der Waals surface area contributed by atoms with E-state index in [1.807, 2.05) is 0 Å². The number of nitrogens with zero attached hydrogens (tertiary/aromatic N) is 1. The fraction of sp³-hybridized carbons (Fsp3) is 0.901. The highest BCUT2D eigenvalue weighted by Crippen LogP contribution is 2.38. The van der Waals surface area contributed by atoms with Crippen molar-refractivity contribution in [3.8, 4) is 0 Å². The summed E-state index contributed by atoms with van der Waals surface area (Å²) in [5.74, 6) is 4.04. The molecule has 0 unspecified atom stereocenters. The molecule has 10 aliphatic rings. The van der Waals surface area contributed by atoms with Gasteiger partial charge in [0.25, 0.3) is 5.91 Å². The molecule has 2 saturated heterocycles. The monoisotopic (exact) mass is 1320 g/mol. The Bertz CT molecular complexity index is 2190. The second-order valence-electron chi connectivity index (χ2n) is 31.2. The lowest BCUT2D eigenvalue weighted by molar-refractivity contribution is -0.144.